The molecular weight excluding hydrogens is 376 g/mol. The van der Waals surface area contributed by atoms with Gasteiger partial charge in [-0.3, -0.25) is 0 Å². The first-order valence-corrected chi connectivity index (χ1v) is 10.9. The highest BCUT2D eigenvalue weighted by Gasteiger charge is 2.28. The summed E-state index contributed by atoms with van der Waals surface area (Å²) in [5.74, 6) is 0. The summed E-state index contributed by atoms with van der Waals surface area (Å²) in [5, 5.41) is 9.40. The van der Waals surface area contributed by atoms with Gasteiger partial charge in [-0.05, 0) is 57.3 Å². The van der Waals surface area contributed by atoms with Crippen molar-refractivity contribution in [3.05, 3.63) is 118 Å². The SMILES string of the molecule is c1ccc2c(c1)Cc1cccc(C3=NN=C(c4cccc5c4-c4ccccc4C5)C3)c1-2. The van der Waals surface area contributed by atoms with Gasteiger partial charge in [-0.1, -0.05) is 84.9 Å². The second-order valence-corrected chi connectivity index (χ2v) is 8.62. The molecular formula is C29H20N2. The van der Waals surface area contributed by atoms with Crippen LogP contribution in [0, 0.1) is 0 Å². The van der Waals surface area contributed by atoms with E-state index in [2.05, 4.69) is 84.9 Å². The lowest BCUT2D eigenvalue weighted by molar-refractivity contribution is 1.25. The second-order valence-electron chi connectivity index (χ2n) is 8.62. The summed E-state index contributed by atoms with van der Waals surface area (Å²) in [7, 11) is 0. The third-order valence-corrected chi connectivity index (χ3v) is 6.88. The molecule has 0 radical (unpaired) electrons. The predicted octanol–water partition coefficient (Wildman–Crippen LogP) is 6.43. The van der Waals surface area contributed by atoms with Crippen molar-refractivity contribution in [1.29, 1.82) is 0 Å². The zero-order valence-corrected chi connectivity index (χ0v) is 17.1. The van der Waals surface area contributed by atoms with Gasteiger partial charge in [-0.25, -0.2) is 0 Å². The van der Waals surface area contributed by atoms with E-state index in [-0.39, 0.29) is 0 Å². The molecule has 0 saturated heterocycles. The quantitative estimate of drug-likeness (QED) is 0.322. The van der Waals surface area contributed by atoms with Crippen LogP contribution in [0.4, 0.5) is 0 Å². The molecule has 3 aliphatic rings. The zero-order valence-electron chi connectivity index (χ0n) is 17.1. The molecule has 0 amide bonds. The van der Waals surface area contributed by atoms with E-state index in [1.54, 1.807) is 0 Å². The Hall–Kier alpha value is -3.78. The molecule has 0 spiro atoms. The van der Waals surface area contributed by atoms with E-state index in [4.69, 9.17) is 10.2 Å². The lowest BCUT2D eigenvalue weighted by Crippen LogP contribution is -2.08. The fourth-order valence-corrected chi connectivity index (χ4v) is 5.51. The summed E-state index contributed by atoms with van der Waals surface area (Å²) in [6.45, 7) is 0. The Bertz CT molecular complexity index is 1340. The fraction of sp³-hybridized carbons (Fsp3) is 0.103. The molecule has 2 heteroatoms. The Morgan fingerprint density at radius 1 is 0.387 bits per heavy atom. The first kappa shape index (κ1) is 17.0. The molecule has 2 nitrogen and oxygen atoms in total. The van der Waals surface area contributed by atoms with Crippen molar-refractivity contribution in [2.75, 3.05) is 0 Å². The molecule has 1 heterocycles. The average Bonchev–Trinajstić information content (AvgIpc) is 3.53. The summed E-state index contributed by atoms with van der Waals surface area (Å²) in [6, 6.07) is 30.7. The molecule has 0 saturated carbocycles. The summed E-state index contributed by atoms with van der Waals surface area (Å²) >= 11 is 0. The number of hydrogen-bond acceptors (Lipinski definition) is 2. The molecule has 7 rings (SSSR count). The molecule has 0 N–H and O–H groups in total. The van der Waals surface area contributed by atoms with Gasteiger partial charge in [-0.2, -0.15) is 10.2 Å². The summed E-state index contributed by atoms with van der Waals surface area (Å²) in [4.78, 5) is 0. The van der Waals surface area contributed by atoms with Crippen LogP contribution in [0.15, 0.2) is 95.1 Å². The van der Waals surface area contributed by atoms with Crippen LogP contribution in [0.25, 0.3) is 22.3 Å². The highest BCUT2D eigenvalue weighted by atomic mass is 15.2. The molecule has 1 aliphatic heterocycles. The third-order valence-electron chi connectivity index (χ3n) is 6.88. The normalized spacial score (nSPS) is 15.1. The lowest BCUT2D eigenvalue weighted by Gasteiger charge is -2.11. The van der Waals surface area contributed by atoms with E-state index in [0.717, 1.165) is 30.7 Å². The highest BCUT2D eigenvalue weighted by Crippen LogP contribution is 2.42. The van der Waals surface area contributed by atoms with Crippen LogP contribution in [-0.2, 0) is 12.8 Å². The van der Waals surface area contributed by atoms with Crippen molar-refractivity contribution in [1.82, 2.24) is 0 Å². The molecule has 0 fully saturated rings. The third kappa shape index (κ3) is 2.45. The van der Waals surface area contributed by atoms with Crippen molar-refractivity contribution < 1.29 is 0 Å². The van der Waals surface area contributed by atoms with Gasteiger partial charge in [0.1, 0.15) is 0 Å². The van der Waals surface area contributed by atoms with E-state index >= 15 is 0 Å². The van der Waals surface area contributed by atoms with Crippen molar-refractivity contribution in [3.63, 3.8) is 0 Å². The van der Waals surface area contributed by atoms with Crippen molar-refractivity contribution in [2.24, 2.45) is 10.2 Å². The van der Waals surface area contributed by atoms with Crippen LogP contribution in [0.2, 0.25) is 0 Å². The van der Waals surface area contributed by atoms with Gasteiger partial charge in [0.05, 0.1) is 11.4 Å². The van der Waals surface area contributed by atoms with E-state index < -0.39 is 0 Å². The Kier molecular flexibility index (Phi) is 3.48. The predicted molar refractivity (Wildman–Crippen MR) is 127 cm³/mol. The van der Waals surface area contributed by atoms with Crippen LogP contribution in [0.5, 0.6) is 0 Å². The maximum atomic E-state index is 4.70. The number of nitrogens with zero attached hydrogens (tertiary/aromatic N) is 2. The van der Waals surface area contributed by atoms with Crippen LogP contribution >= 0.6 is 0 Å². The van der Waals surface area contributed by atoms with Crippen LogP contribution in [0.1, 0.15) is 39.8 Å². The van der Waals surface area contributed by atoms with Gasteiger partial charge in [0.2, 0.25) is 0 Å². The highest BCUT2D eigenvalue weighted by molar-refractivity contribution is 6.24. The maximum absolute atomic E-state index is 4.70. The minimum Gasteiger partial charge on any atom is -0.154 e. The Balaban J connectivity index is 1.29. The Morgan fingerprint density at radius 2 is 0.806 bits per heavy atom. The first-order valence-electron chi connectivity index (χ1n) is 10.9. The van der Waals surface area contributed by atoms with Crippen LogP contribution < -0.4 is 0 Å². The minimum absolute atomic E-state index is 0.775. The van der Waals surface area contributed by atoms with E-state index in [1.807, 2.05) is 0 Å². The first-order chi connectivity index (χ1) is 15.4. The molecule has 0 bridgehead atoms. The largest absolute Gasteiger partial charge is 0.154 e. The molecule has 0 atom stereocenters. The van der Waals surface area contributed by atoms with Gasteiger partial charge in [0.15, 0.2) is 0 Å². The minimum atomic E-state index is 0.775. The van der Waals surface area contributed by atoms with Crippen molar-refractivity contribution in [2.45, 2.75) is 19.3 Å². The van der Waals surface area contributed by atoms with Gasteiger partial charge < -0.3 is 0 Å². The molecule has 4 aromatic carbocycles. The van der Waals surface area contributed by atoms with Crippen molar-refractivity contribution in [3.8, 4) is 22.3 Å². The summed E-state index contributed by atoms with van der Waals surface area (Å²) in [5.41, 5.74) is 15.6. The van der Waals surface area contributed by atoms with Crippen LogP contribution in [0.3, 0.4) is 0 Å². The molecule has 0 unspecified atom stereocenters. The summed E-state index contributed by atoms with van der Waals surface area (Å²) < 4.78 is 0. The monoisotopic (exact) mass is 396 g/mol. The number of fused-ring (bicyclic) bond motifs is 6. The Labute approximate surface area is 181 Å². The number of benzene rings is 4. The van der Waals surface area contributed by atoms with Crippen molar-refractivity contribution >= 4 is 11.4 Å². The lowest BCUT2D eigenvalue weighted by atomic mass is 9.91. The molecule has 0 aromatic heterocycles. The van der Waals surface area contributed by atoms with Gasteiger partial charge in [0.25, 0.3) is 0 Å². The number of hydrogen-bond donors (Lipinski definition) is 0. The smallest absolute Gasteiger partial charge is 0.0769 e. The average molecular weight is 396 g/mol. The molecule has 2 aliphatic carbocycles. The van der Waals surface area contributed by atoms with E-state index in [9.17, 15) is 0 Å². The second kappa shape index (κ2) is 6.36. The van der Waals surface area contributed by atoms with Crippen LogP contribution in [-0.4, -0.2) is 11.4 Å². The molecule has 146 valence electrons. The zero-order chi connectivity index (χ0) is 20.4. The van der Waals surface area contributed by atoms with E-state index in [0.29, 0.717) is 0 Å². The molecule has 4 aromatic rings. The Morgan fingerprint density at radius 3 is 1.32 bits per heavy atom. The summed E-state index contributed by atoms with van der Waals surface area (Å²) in [6.07, 6.45) is 2.78. The van der Waals surface area contributed by atoms with E-state index in [1.165, 1.54) is 55.6 Å². The standard InChI is InChI=1S/C29H20N2/c1-3-11-22-18(7-1)15-20-9-5-13-24(28(20)22)26-17-27(31-30-26)25-14-6-10-21-16-19-8-2-4-12-23(19)29(21)25/h1-14H,15-17H2. The fourth-order valence-electron chi connectivity index (χ4n) is 5.51. The maximum Gasteiger partial charge on any atom is 0.0769 e. The topological polar surface area (TPSA) is 24.7 Å². The van der Waals surface area contributed by atoms with Gasteiger partial charge in [-0.15, -0.1) is 0 Å². The van der Waals surface area contributed by atoms with Gasteiger partial charge in [0, 0.05) is 17.5 Å². The number of rotatable bonds is 2. The van der Waals surface area contributed by atoms with Gasteiger partial charge >= 0.3 is 0 Å². The molecule has 31 heavy (non-hydrogen) atoms.